The van der Waals surface area contributed by atoms with Crippen molar-refractivity contribution in [2.45, 2.75) is 4.90 Å². The highest BCUT2D eigenvalue weighted by Gasteiger charge is 2.23. The molecule has 0 unspecified atom stereocenters. The number of sulfonamides is 1. The van der Waals surface area contributed by atoms with Crippen LogP contribution in [0, 0.1) is 0 Å². The Kier molecular flexibility index (Phi) is 4.09. The first kappa shape index (κ1) is 13.2. The molecular weight excluding hydrogens is 274 g/mol. The topological polar surface area (TPSA) is 83.5 Å². The van der Waals surface area contributed by atoms with Crippen molar-refractivity contribution in [1.82, 2.24) is 4.72 Å². The van der Waals surface area contributed by atoms with Crippen molar-refractivity contribution in [3.05, 3.63) is 27.9 Å². The number of carboxylic acid groups (broad SMARTS) is 1. The zero-order valence-electron chi connectivity index (χ0n) is 7.94. The molecule has 0 radical (unpaired) electrons. The average molecular weight is 282 g/mol. The fourth-order valence-corrected chi connectivity index (χ4v) is 3.35. The zero-order chi connectivity index (χ0) is 12.3. The summed E-state index contributed by atoms with van der Waals surface area (Å²) in [5.74, 6) is -1.28. The molecule has 0 amide bonds. The standard InChI is InChI=1S/C8H8ClNO4S2/c1-5(9)4-10-16(13,14)6-2-3-15-7(6)8(11)12/h2-3,10H,1,4H2,(H,11,12). The molecule has 0 bridgehead atoms. The summed E-state index contributed by atoms with van der Waals surface area (Å²) in [5, 5.41) is 10.3. The number of carboxylic acids is 1. The normalized spacial score (nSPS) is 11.3. The van der Waals surface area contributed by atoms with Crippen LogP contribution in [0.25, 0.3) is 0 Å². The van der Waals surface area contributed by atoms with Gasteiger partial charge in [0.1, 0.15) is 9.77 Å². The number of hydrogen-bond acceptors (Lipinski definition) is 4. The molecule has 0 aliphatic rings. The lowest BCUT2D eigenvalue weighted by molar-refractivity contribution is 0.0698. The van der Waals surface area contributed by atoms with Crippen molar-refractivity contribution < 1.29 is 18.3 Å². The summed E-state index contributed by atoms with van der Waals surface area (Å²) in [6.07, 6.45) is 0. The Labute approximate surface area is 101 Å². The van der Waals surface area contributed by atoms with Gasteiger partial charge in [0.2, 0.25) is 10.0 Å². The Morgan fingerprint density at radius 3 is 2.75 bits per heavy atom. The average Bonchev–Trinajstić information content (AvgIpc) is 2.63. The van der Waals surface area contributed by atoms with Gasteiger partial charge in [-0.25, -0.2) is 17.9 Å². The lowest BCUT2D eigenvalue weighted by atomic mass is 10.5. The molecule has 0 aliphatic heterocycles. The Balaban J connectivity index is 3.03. The van der Waals surface area contributed by atoms with Gasteiger partial charge in [0.25, 0.3) is 0 Å². The number of halogens is 1. The molecule has 1 rings (SSSR count). The molecule has 2 N–H and O–H groups in total. The van der Waals surface area contributed by atoms with Crippen LogP contribution in [0.15, 0.2) is 28.0 Å². The van der Waals surface area contributed by atoms with Gasteiger partial charge in [-0.2, -0.15) is 0 Å². The molecule has 0 spiro atoms. The van der Waals surface area contributed by atoms with Crippen molar-refractivity contribution in [3.8, 4) is 0 Å². The number of hydrogen-bond donors (Lipinski definition) is 2. The van der Waals surface area contributed by atoms with E-state index in [4.69, 9.17) is 16.7 Å². The highest BCUT2D eigenvalue weighted by molar-refractivity contribution is 7.89. The minimum absolute atomic E-state index is 0.121. The predicted octanol–water partition coefficient (Wildman–Crippen LogP) is 1.48. The minimum atomic E-state index is -3.85. The first-order chi connectivity index (χ1) is 7.34. The minimum Gasteiger partial charge on any atom is -0.477 e. The van der Waals surface area contributed by atoms with Crippen LogP contribution in [0.3, 0.4) is 0 Å². The molecular formula is C8H8ClNO4S2. The summed E-state index contributed by atoms with van der Waals surface area (Å²) in [6, 6.07) is 1.23. The number of aromatic carboxylic acids is 1. The van der Waals surface area contributed by atoms with Crippen molar-refractivity contribution in [2.75, 3.05) is 6.54 Å². The summed E-state index contributed by atoms with van der Waals surface area (Å²) in [6.45, 7) is 3.18. The van der Waals surface area contributed by atoms with Crippen LogP contribution < -0.4 is 4.72 Å². The fraction of sp³-hybridized carbons (Fsp3) is 0.125. The third-order valence-corrected chi connectivity index (χ3v) is 4.18. The van der Waals surface area contributed by atoms with E-state index in [0.717, 1.165) is 11.3 Å². The maximum Gasteiger partial charge on any atom is 0.347 e. The number of thiophene rings is 1. The highest BCUT2D eigenvalue weighted by atomic mass is 35.5. The van der Waals surface area contributed by atoms with Gasteiger partial charge in [0.05, 0.1) is 0 Å². The third-order valence-electron chi connectivity index (χ3n) is 1.57. The van der Waals surface area contributed by atoms with Crippen molar-refractivity contribution in [3.63, 3.8) is 0 Å². The predicted molar refractivity (Wildman–Crippen MR) is 61.5 cm³/mol. The second-order valence-electron chi connectivity index (χ2n) is 2.76. The van der Waals surface area contributed by atoms with Gasteiger partial charge in [0.15, 0.2) is 0 Å². The molecule has 1 aromatic heterocycles. The molecule has 0 aromatic carbocycles. The fourth-order valence-electron chi connectivity index (χ4n) is 0.916. The van der Waals surface area contributed by atoms with E-state index in [-0.39, 0.29) is 21.3 Å². The lowest BCUT2D eigenvalue weighted by Crippen LogP contribution is -2.25. The smallest absolute Gasteiger partial charge is 0.347 e. The van der Waals surface area contributed by atoms with Gasteiger partial charge in [-0.05, 0) is 11.4 Å². The van der Waals surface area contributed by atoms with Crippen LogP contribution >= 0.6 is 22.9 Å². The Morgan fingerprint density at radius 2 is 2.25 bits per heavy atom. The van der Waals surface area contributed by atoms with Gasteiger partial charge in [-0.1, -0.05) is 18.2 Å². The van der Waals surface area contributed by atoms with Gasteiger partial charge in [0, 0.05) is 11.6 Å². The molecule has 16 heavy (non-hydrogen) atoms. The van der Waals surface area contributed by atoms with Crippen molar-refractivity contribution in [1.29, 1.82) is 0 Å². The van der Waals surface area contributed by atoms with Crippen LogP contribution in [-0.2, 0) is 10.0 Å². The van der Waals surface area contributed by atoms with E-state index in [0.29, 0.717) is 0 Å². The molecule has 8 heteroatoms. The van der Waals surface area contributed by atoms with Gasteiger partial charge in [-0.3, -0.25) is 0 Å². The van der Waals surface area contributed by atoms with Crippen molar-refractivity contribution in [2.24, 2.45) is 0 Å². The summed E-state index contributed by atoms with van der Waals surface area (Å²) in [7, 11) is -3.85. The second kappa shape index (κ2) is 4.96. The van der Waals surface area contributed by atoms with Crippen LogP contribution in [0.1, 0.15) is 9.67 Å². The monoisotopic (exact) mass is 281 g/mol. The summed E-state index contributed by atoms with van der Waals surface area (Å²) in [4.78, 5) is 10.3. The summed E-state index contributed by atoms with van der Waals surface area (Å²) in [5.41, 5.74) is 0. The Bertz CT molecular complexity index is 520. The number of carbonyl (C=O) groups is 1. The van der Waals surface area contributed by atoms with Gasteiger partial charge < -0.3 is 5.11 Å². The SMILES string of the molecule is C=C(Cl)CNS(=O)(=O)c1ccsc1C(=O)O. The third kappa shape index (κ3) is 3.05. The largest absolute Gasteiger partial charge is 0.477 e. The molecule has 0 aliphatic carbocycles. The van der Waals surface area contributed by atoms with E-state index in [1.807, 2.05) is 0 Å². The van der Waals surface area contributed by atoms with Gasteiger partial charge in [-0.15, -0.1) is 11.3 Å². The van der Waals surface area contributed by atoms with Crippen LogP contribution in [0.4, 0.5) is 0 Å². The molecule has 0 saturated carbocycles. The Morgan fingerprint density at radius 1 is 1.62 bits per heavy atom. The highest BCUT2D eigenvalue weighted by Crippen LogP contribution is 2.21. The van der Waals surface area contributed by atoms with Crippen LogP contribution in [-0.4, -0.2) is 26.0 Å². The lowest BCUT2D eigenvalue weighted by Gasteiger charge is -2.04. The maximum atomic E-state index is 11.7. The maximum absolute atomic E-state index is 11.7. The second-order valence-corrected chi connectivity index (χ2v) is 5.95. The first-order valence-electron chi connectivity index (χ1n) is 3.98. The van der Waals surface area contributed by atoms with E-state index in [1.165, 1.54) is 11.4 Å². The quantitative estimate of drug-likeness (QED) is 0.856. The van der Waals surface area contributed by atoms with E-state index in [9.17, 15) is 13.2 Å². The van der Waals surface area contributed by atoms with Crippen LogP contribution in [0.5, 0.6) is 0 Å². The van der Waals surface area contributed by atoms with E-state index < -0.39 is 16.0 Å². The zero-order valence-corrected chi connectivity index (χ0v) is 10.3. The van der Waals surface area contributed by atoms with Gasteiger partial charge >= 0.3 is 5.97 Å². The van der Waals surface area contributed by atoms with E-state index >= 15 is 0 Å². The van der Waals surface area contributed by atoms with E-state index in [2.05, 4.69) is 11.3 Å². The molecule has 0 saturated heterocycles. The molecule has 1 heterocycles. The van der Waals surface area contributed by atoms with Crippen LogP contribution in [0.2, 0.25) is 0 Å². The Hall–Kier alpha value is -0.890. The number of rotatable bonds is 5. The first-order valence-corrected chi connectivity index (χ1v) is 6.72. The molecule has 1 aromatic rings. The molecule has 5 nitrogen and oxygen atoms in total. The number of nitrogens with one attached hydrogen (secondary N) is 1. The summed E-state index contributed by atoms with van der Waals surface area (Å²) < 4.78 is 25.5. The molecule has 0 atom stereocenters. The summed E-state index contributed by atoms with van der Waals surface area (Å²) >= 11 is 6.26. The van der Waals surface area contributed by atoms with E-state index in [1.54, 1.807) is 0 Å². The van der Waals surface area contributed by atoms with Crippen molar-refractivity contribution >= 4 is 38.9 Å². The molecule has 88 valence electrons. The molecule has 0 fully saturated rings.